The summed E-state index contributed by atoms with van der Waals surface area (Å²) >= 11 is 0. The van der Waals surface area contributed by atoms with Gasteiger partial charge in [-0.15, -0.1) is 0 Å². The number of aliphatic carboxylic acids is 1. The van der Waals surface area contributed by atoms with Crippen LogP contribution in [0.4, 0.5) is 0 Å². The molecule has 6 aromatic rings. The maximum absolute atomic E-state index is 12.5. The highest BCUT2D eigenvalue weighted by Crippen LogP contribution is 2.61. The molecule has 1 unspecified atom stereocenters. The van der Waals surface area contributed by atoms with Gasteiger partial charge in [-0.05, 0) is 72.3 Å². The number of benzene rings is 6. The lowest BCUT2D eigenvalue weighted by Crippen LogP contribution is -2.36. The molecular formula is C48H42O8. The Morgan fingerprint density at radius 3 is 1.98 bits per heavy atom. The lowest BCUT2D eigenvalue weighted by Gasteiger charge is -2.40. The summed E-state index contributed by atoms with van der Waals surface area (Å²) in [5, 5.41) is 11.1. The van der Waals surface area contributed by atoms with E-state index in [1.165, 1.54) is 0 Å². The first kappa shape index (κ1) is 36.6. The third-order valence-electron chi connectivity index (χ3n) is 10.8. The number of aryl methyl sites for hydroxylation is 2. The Labute approximate surface area is 325 Å². The average Bonchev–Trinajstić information content (AvgIpc) is 3.51. The van der Waals surface area contributed by atoms with Crippen molar-refractivity contribution in [3.05, 3.63) is 166 Å². The van der Waals surface area contributed by atoms with Crippen LogP contribution in [0.1, 0.15) is 57.3 Å². The first-order valence-electron chi connectivity index (χ1n) is 18.6. The Morgan fingerprint density at radius 1 is 0.696 bits per heavy atom. The summed E-state index contributed by atoms with van der Waals surface area (Å²) in [4.78, 5) is 23.6. The number of fused-ring (bicyclic) bond motifs is 8. The van der Waals surface area contributed by atoms with E-state index in [0.717, 1.165) is 77.9 Å². The Hall–Kier alpha value is -6.38. The molecule has 0 saturated heterocycles. The number of carbonyl (C=O) groups is 2. The molecule has 56 heavy (non-hydrogen) atoms. The van der Waals surface area contributed by atoms with Gasteiger partial charge in [-0.25, -0.2) is 0 Å². The van der Waals surface area contributed by atoms with E-state index >= 15 is 0 Å². The van der Waals surface area contributed by atoms with Crippen molar-refractivity contribution in [1.29, 1.82) is 0 Å². The van der Waals surface area contributed by atoms with Gasteiger partial charge >= 0.3 is 11.9 Å². The molecule has 1 aliphatic heterocycles. The standard InChI is InChI=1S/C48H42O8/c1-30-10-20-37-40(28-30)46-39(24-25-47(56-46,32-12-16-35(52-3)17-13-32)33-14-18-36(53-4)19-15-33)45-44(37)38-21-11-31(2)29-41(38)48(45,34-8-6-5-7-9-34)55-27-26-54-43(51)23-22-42(49)50/h5-21,24-25,28-29H,22-23,26-27H2,1-4H3,(H,49,50). The summed E-state index contributed by atoms with van der Waals surface area (Å²) in [6.07, 6.45) is 3.77. The molecule has 8 rings (SSSR count). The Bertz CT molecular complexity index is 2440. The summed E-state index contributed by atoms with van der Waals surface area (Å²) in [5.41, 5.74) is 7.62. The van der Waals surface area contributed by atoms with Crippen LogP contribution >= 0.6 is 0 Å². The van der Waals surface area contributed by atoms with Crippen LogP contribution in [0.5, 0.6) is 17.2 Å². The van der Waals surface area contributed by atoms with E-state index in [-0.39, 0.29) is 26.1 Å². The predicted octanol–water partition coefficient (Wildman–Crippen LogP) is 9.52. The molecule has 6 aromatic carbocycles. The number of methoxy groups -OCH3 is 2. The number of rotatable bonds is 12. The first-order valence-corrected chi connectivity index (χ1v) is 18.6. The molecule has 2 aliphatic rings. The molecule has 0 amide bonds. The van der Waals surface area contributed by atoms with Crippen molar-refractivity contribution >= 4 is 28.8 Å². The van der Waals surface area contributed by atoms with Gasteiger partial charge in [0, 0.05) is 33.2 Å². The van der Waals surface area contributed by atoms with Crippen LogP contribution in [0.2, 0.25) is 0 Å². The lowest BCUT2D eigenvalue weighted by molar-refractivity contribution is -0.149. The zero-order valence-corrected chi connectivity index (χ0v) is 31.8. The van der Waals surface area contributed by atoms with Gasteiger partial charge < -0.3 is 28.8 Å². The van der Waals surface area contributed by atoms with Crippen molar-refractivity contribution in [2.45, 2.75) is 37.9 Å². The number of hydrogen-bond acceptors (Lipinski definition) is 7. The zero-order valence-electron chi connectivity index (χ0n) is 31.8. The van der Waals surface area contributed by atoms with Gasteiger partial charge in [-0.1, -0.05) is 102 Å². The van der Waals surface area contributed by atoms with E-state index in [1.807, 2.05) is 66.7 Å². The molecule has 0 fully saturated rings. The van der Waals surface area contributed by atoms with Crippen LogP contribution in [0.25, 0.3) is 28.0 Å². The van der Waals surface area contributed by atoms with Gasteiger partial charge in [-0.2, -0.15) is 0 Å². The average molecular weight is 747 g/mol. The number of esters is 1. The Morgan fingerprint density at radius 2 is 1.34 bits per heavy atom. The van der Waals surface area contributed by atoms with Gasteiger partial charge in [0.05, 0.1) is 33.7 Å². The van der Waals surface area contributed by atoms with Crippen LogP contribution in [0.15, 0.2) is 121 Å². The van der Waals surface area contributed by atoms with E-state index in [1.54, 1.807) is 14.2 Å². The quantitative estimate of drug-likeness (QED) is 0.0977. The van der Waals surface area contributed by atoms with Gasteiger partial charge in [0.2, 0.25) is 0 Å². The summed E-state index contributed by atoms with van der Waals surface area (Å²) in [6.45, 7) is 4.15. The monoisotopic (exact) mass is 746 g/mol. The summed E-state index contributed by atoms with van der Waals surface area (Å²) < 4.78 is 31.3. The minimum atomic E-state index is -1.14. The van der Waals surface area contributed by atoms with E-state index < -0.39 is 23.1 Å². The molecule has 1 N–H and O–H groups in total. The smallest absolute Gasteiger partial charge is 0.306 e. The van der Waals surface area contributed by atoms with E-state index in [9.17, 15) is 9.59 Å². The van der Waals surface area contributed by atoms with Gasteiger partial charge in [-0.3, -0.25) is 9.59 Å². The number of carboxylic acid groups (broad SMARTS) is 1. The molecule has 0 aromatic heterocycles. The Kier molecular flexibility index (Phi) is 9.60. The molecule has 0 spiro atoms. The molecule has 8 nitrogen and oxygen atoms in total. The van der Waals surface area contributed by atoms with Crippen LogP contribution in [0, 0.1) is 13.8 Å². The zero-order chi connectivity index (χ0) is 39.0. The molecule has 1 aliphatic carbocycles. The first-order chi connectivity index (χ1) is 27.2. The van der Waals surface area contributed by atoms with E-state index in [2.05, 4.69) is 74.5 Å². The SMILES string of the molecule is COc1ccc(C2(c3ccc(OC)cc3)C=Cc3c4c(c5ccc(C)cc5c3O2)-c2ccc(C)cc2C4(OCCOC(=O)CCC(=O)O)c2ccccc2)cc1. The highest BCUT2D eigenvalue weighted by molar-refractivity contribution is 6.09. The fourth-order valence-electron chi connectivity index (χ4n) is 8.20. The lowest BCUT2D eigenvalue weighted by atomic mass is 9.77. The van der Waals surface area contributed by atoms with Crippen molar-refractivity contribution in [2.75, 3.05) is 27.4 Å². The molecule has 8 heteroatoms. The van der Waals surface area contributed by atoms with Crippen molar-refractivity contribution < 1.29 is 38.4 Å². The van der Waals surface area contributed by atoms with Crippen LogP contribution in [-0.4, -0.2) is 44.5 Å². The van der Waals surface area contributed by atoms with Gasteiger partial charge in [0.25, 0.3) is 0 Å². The Balaban J connectivity index is 1.38. The number of carbonyl (C=O) groups excluding carboxylic acids is 1. The number of carboxylic acids is 1. The van der Waals surface area contributed by atoms with E-state index in [0.29, 0.717) is 5.75 Å². The second kappa shape index (κ2) is 14.7. The van der Waals surface area contributed by atoms with Gasteiger partial charge in [0.1, 0.15) is 29.5 Å². The predicted molar refractivity (Wildman–Crippen MR) is 215 cm³/mol. The van der Waals surface area contributed by atoms with Gasteiger partial charge in [0.15, 0.2) is 5.60 Å². The summed E-state index contributed by atoms with van der Waals surface area (Å²) in [6, 6.07) is 39.0. The fraction of sp³-hybridized carbons (Fsp3) is 0.208. The normalized spacial score (nSPS) is 16.0. The molecule has 0 saturated carbocycles. The number of hydrogen-bond donors (Lipinski definition) is 1. The molecule has 0 radical (unpaired) electrons. The van der Waals surface area contributed by atoms with Crippen molar-refractivity contribution in [3.63, 3.8) is 0 Å². The van der Waals surface area contributed by atoms with Crippen molar-refractivity contribution in [3.8, 4) is 28.4 Å². The maximum atomic E-state index is 12.5. The minimum absolute atomic E-state index is 0.0490. The second-order valence-electron chi connectivity index (χ2n) is 14.2. The third kappa shape index (κ3) is 6.16. The van der Waals surface area contributed by atoms with Crippen molar-refractivity contribution in [2.24, 2.45) is 0 Å². The fourth-order valence-corrected chi connectivity index (χ4v) is 8.20. The topological polar surface area (TPSA) is 101 Å². The third-order valence-corrected chi connectivity index (χ3v) is 10.8. The highest BCUT2D eigenvalue weighted by atomic mass is 16.6. The van der Waals surface area contributed by atoms with Crippen molar-refractivity contribution in [1.82, 2.24) is 0 Å². The molecular weight excluding hydrogens is 705 g/mol. The minimum Gasteiger partial charge on any atom is -0.497 e. The number of ether oxygens (including phenoxy) is 5. The van der Waals surface area contributed by atoms with Crippen LogP contribution in [0.3, 0.4) is 0 Å². The summed E-state index contributed by atoms with van der Waals surface area (Å²) in [5.74, 6) is 0.550. The molecule has 1 heterocycles. The molecule has 282 valence electrons. The van der Waals surface area contributed by atoms with Crippen LogP contribution in [-0.2, 0) is 30.3 Å². The van der Waals surface area contributed by atoms with E-state index in [4.69, 9.17) is 28.8 Å². The molecule has 1 atom stereocenters. The second-order valence-corrected chi connectivity index (χ2v) is 14.2. The highest BCUT2D eigenvalue weighted by Gasteiger charge is 2.50. The maximum Gasteiger partial charge on any atom is 0.306 e. The molecule has 0 bridgehead atoms. The van der Waals surface area contributed by atoms with Crippen LogP contribution < -0.4 is 14.2 Å². The largest absolute Gasteiger partial charge is 0.497 e. The summed E-state index contributed by atoms with van der Waals surface area (Å²) in [7, 11) is 3.31.